The van der Waals surface area contributed by atoms with Crippen LogP contribution in [-0.4, -0.2) is 4.32 Å². The number of benzene rings is 2. The van der Waals surface area contributed by atoms with Crippen LogP contribution in [0.5, 0.6) is 0 Å². The van der Waals surface area contributed by atoms with Gasteiger partial charge in [0.15, 0.2) is 0 Å². The van der Waals surface area contributed by atoms with Crippen LogP contribution in [-0.2, 0) is 5.75 Å². The van der Waals surface area contributed by atoms with Gasteiger partial charge in [-0.3, -0.25) is 0 Å². The number of thiocarbonyl (C=S) groups is 1. The molecule has 0 saturated carbocycles. The second kappa shape index (κ2) is 6.94. The Kier molecular flexibility index (Phi) is 5.25. The van der Waals surface area contributed by atoms with Gasteiger partial charge in [-0.2, -0.15) is 0 Å². The van der Waals surface area contributed by atoms with Gasteiger partial charge < -0.3 is 5.32 Å². The molecule has 0 atom stereocenters. The lowest BCUT2D eigenvalue weighted by atomic mass is 10.2. The number of aryl methyl sites for hydroxylation is 1. The van der Waals surface area contributed by atoms with Gasteiger partial charge in [0.25, 0.3) is 0 Å². The van der Waals surface area contributed by atoms with E-state index in [1.54, 1.807) is 11.8 Å². The molecule has 0 aliphatic carbocycles. The van der Waals surface area contributed by atoms with Gasteiger partial charge in [0, 0.05) is 16.5 Å². The summed E-state index contributed by atoms with van der Waals surface area (Å²) < 4.78 is 0.753. The van der Waals surface area contributed by atoms with Crippen molar-refractivity contribution < 1.29 is 0 Å². The molecule has 2 rings (SSSR count). The quantitative estimate of drug-likeness (QED) is 0.775. The highest BCUT2D eigenvalue weighted by Gasteiger charge is 2.02. The maximum atomic E-state index is 6.08. The molecule has 0 amide bonds. The molecule has 0 unspecified atom stereocenters. The molecule has 0 radical (unpaired) electrons. The van der Waals surface area contributed by atoms with E-state index in [9.17, 15) is 0 Å². The zero-order chi connectivity index (χ0) is 13.7. The Bertz CT molecular complexity index is 570. The van der Waals surface area contributed by atoms with Crippen LogP contribution in [0.3, 0.4) is 0 Å². The predicted octanol–water partition coefficient (Wildman–Crippen LogP) is 5.28. The average Bonchev–Trinajstić information content (AvgIpc) is 2.42. The molecule has 0 aromatic heterocycles. The van der Waals surface area contributed by atoms with Crippen molar-refractivity contribution in [2.75, 3.05) is 5.32 Å². The summed E-state index contributed by atoms with van der Waals surface area (Å²) in [6.45, 7) is 1.98. The smallest absolute Gasteiger partial charge is 0.138 e. The first kappa shape index (κ1) is 14.4. The summed E-state index contributed by atoms with van der Waals surface area (Å²) in [5, 5.41) is 3.94. The van der Waals surface area contributed by atoms with Gasteiger partial charge >= 0.3 is 0 Å². The molecule has 0 aliphatic rings. The van der Waals surface area contributed by atoms with E-state index in [0.29, 0.717) is 0 Å². The summed E-state index contributed by atoms with van der Waals surface area (Å²) >= 11 is 13.0. The summed E-state index contributed by atoms with van der Waals surface area (Å²) in [5.41, 5.74) is 3.26. The van der Waals surface area contributed by atoms with E-state index in [-0.39, 0.29) is 0 Å². The minimum atomic E-state index is 0.751. The van der Waals surface area contributed by atoms with Crippen LogP contribution in [0.1, 0.15) is 11.1 Å². The van der Waals surface area contributed by atoms with Crippen molar-refractivity contribution in [2.24, 2.45) is 0 Å². The van der Waals surface area contributed by atoms with Crippen molar-refractivity contribution in [1.82, 2.24) is 0 Å². The molecule has 0 fully saturated rings. The zero-order valence-electron chi connectivity index (χ0n) is 10.5. The lowest BCUT2D eigenvalue weighted by Crippen LogP contribution is -2.04. The first-order chi connectivity index (χ1) is 9.15. The second-order valence-corrected chi connectivity index (χ2v) is 6.21. The fourth-order valence-electron chi connectivity index (χ4n) is 1.55. The molecule has 1 nitrogen and oxygen atoms in total. The van der Waals surface area contributed by atoms with E-state index in [2.05, 4.69) is 17.4 Å². The highest BCUT2D eigenvalue weighted by molar-refractivity contribution is 8.22. The van der Waals surface area contributed by atoms with E-state index in [0.717, 1.165) is 26.3 Å². The molecule has 19 heavy (non-hydrogen) atoms. The van der Waals surface area contributed by atoms with Crippen LogP contribution in [0, 0.1) is 6.92 Å². The Morgan fingerprint density at radius 2 is 1.95 bits per heavy atom. The summed E-state index contributed by atoms with van der Waals surface area (Å²) in [7, 11) is 0. The molecular weight excluding hydrogens is 294 g/mol. The van der Waals surface area contributed by atoms with Crippen LogP contribution in [0.4, 0.5) is 5.69 Å². The maximum Gasteiger partial charge on any atom is 0.138 e. The lowest BCUT2D eigenvalue weighted by Gasteiger charge is -2.08. The van der Waals surface area contributed by atoms with Gasteiger partial charge in [0.05, 0.1) is 0 Å². The van der Waals surface area contributed by atoms with Crippen LogP contribution < -0.4 is 5.32 Å². The number of hydrogen-bond acceptors (Lipinski definition) is 2. The molecule has 0 bridgehead atoms. The van der Waals surface area contributed by atoms with Crippen molar-refractivity contribution in [3.05, 3.63) is 64.7 Å². The normalized spacial score (nSPS) is 10.2. The topological polar surface area (TPSA) is 12.0 Å². The van der Waals surface area contributed by atoms with Gasteiger partial charge in [-0.25, -0.2) is 0 Å². The van der Waals surface area contributed by atoms with E-state index in [1.165, 1.54) is 5.56 Å². The van der Waals surface area contributed by atoms with Gasteiger partial charge in [0.1, 0.15) is 4.32 Å². The van der Waals surface area contributed by atoms with Crippen molar-refractivity contribution in [3.63, 3.8) is 0 Å². The van der Waals surface area contributed by atoms with Crippen molar-refractivity contribution in [2.45, 2.75) is 12.7 Å². The summed E-state index contributed by atoms with van der Waals surface area (Å²) in [6, 6.07) is 16.1. The van der Waals surface area contributed by atoms with Crippen molar-refractivity contribution in [1.29, 1.82) is 0 Å². The van der Waals surface area contributed by atoms with Crippen molar-refractivity contribution >= 4 is 45.6 Å². The SMILES string of the molecule is Cc1ccc(NC(=S)SCc2ccccc2)cc1Cl. The number of thioether (sulfide) groups is 1. The third-order valence-electron chi connectivity index (χ3n) is 2.63. The monoisotopic (exact) mass is 307 g/mol. The molecular formula is C15H14ClNS2. The molecule has 98 valence electrons. The fraction of sp³-hybridized carbons (Fsp3) is 0.133. The number of hydrogen-bond donors (Lipinski definition) is 1. The van der Waals surface area contributed by atoms with Gasteiger partial charge in [-0.1, -0.05) is 72.0 Å². The van der Waals surface area contributed by atoms with Gasteiger partial charge in [-0.15, -0.1) is 0 Å². The molecule has 1 N–H and O–H groups in total. The van der Waals surface area contributed by atoms with E-state index in [4.69, 9.17) is 23.8 Å². The largest absolute Gasteiger partial charge is 0.341 e. The third kappa shape index (κ3) is 4.53. The molecule has 4 heteroatoms. The first-order valence-electron chi connectivity index (χ1n) is 5.89. The minimum absolute atomic E-state index is 0.751. The standard InChI is InChI=1S/C15H14ClNS2/c1-11-7-8-13(9-14(11)16)17-15(18)19-10-12-5-3-2-4-6-12/h2-9H,10H2,1H3,(H,17,18). The maximum absolute atomic E-state index is 6.08. The Hall–Kier alpha value is -1.03. The minimum Gasteiger partial charge on any atom is -0.341 e. The average molecular weight is 308 g/mol. The summed E-state index contributed by atoms with van der Waals surface area (Å²) in [5.74, 6) is 0.867. The number of anilines is 1. The lowest BCUT2D eigenvalue weighted by molar-refractivity contribution is 1.42. The van der Waals surface area contributed by atoms with Gasteiger partial charge in [0.2, 0.25) is 0 Å². The summed E-state index contributed by atoms with van der Waals surface area (Å²) in [4.78, 5) is 0. The molecule has 0 spiro atoms. The highest BCUT2D eigenvalue weighted by atomic mass is 35.5. The Balaban J connectivity index is 1.89. The van der Waals surface area contributed by atoms with E-state index >= 15 is 0 Å². The Labute approximate surface area is 128 Å². The van der Waals surface area contributed by atoms with Crippen LogP contribution >= 0.6 is 35.6 Å². The molecule has 0 aliphatic heterocycles. The molecule has 0 saturated heterocycles. The Morgan fingerprint density at radius 3 is 2.63 bits per heavy atom. The van der Waals surface area contributed by atoms with Crippen LogP contribution in [0.15, 0.2) is 48.5 Å². The number of halogens is 1. The van der Waals surface area contributed by atoms with Crippen LogP contribution in [0.2, 0.25) is 5.02 Å². The molecule has 2 aromatic rings. The van der Waals surface area contributed by atoms with Crippen molar-refractivity contribution in [3.8, 4) is 0 Å². The first-order valence-corrected chi connectivity index (χ1v) is 7.66. The predicted molar refractivity (Wildman–Crippen MR) is 90.1 cm³/mol. The van der Waals surface area contributed by atoms with E-state index in [1.807, 2.05) is 43.3 Å². The number of rotatable bonds is 3. The van der Waals surface area contributed by atoms with E-state index < -0.39 is 0 Å². The second-order valence-electron chi connectivity index (χ2n) is 4.15. The van der Waals surface area contributed by atoms with Crippen LogP contribution in [0.25, 0.3) is 0 Å². The third-order valence-corrected chi connectivity index (χ3v) is 4.34. The van der Waals surface area contributed by atoms with Gasteiger partial charge in [-0.05, 0) is 30.2 Å². The molecule has 0 heterocycles. The molecule has 2 aromatic carbocycles. The Morgan fingerprint density at radius 1 is 1.21 bits per heavy atom. The zero-order valence-corrected chi connectivity index (χ0v) is 12.9. The fourth-order valence-corrected chi connectivity index (χ4v) is 2.70. The highest BCUT2D eigenvalue weighted by Crippen LogP contribution is 2.22. The summed E-state index contributed by atoms with van der Waals surface area (Å²) in [6.07, 6.45) is 0. The number of nitrogens with one attached hydrogen (secondary N) is 1.